The second kappa shape index (κ2) is 6.28. The lowest BCUT2D eigenvalue weighted by atomic mass is 10.0. The van der Waals surface area contributed by atoms with Gasteiger partial charge in [0, 0.05) is 23.3 Å². The van der Waals surface area contributed by atoms with Crippen molar-refractivity contribution in [3.63, 3.8) is 0 Å². The van der Waals surface area contributed by atoms with Crippen molar-refractivity contribution in [2.75, 3.05) is 5.32 Å². The summed E-state index contributed by atoms with van der Waals surface area (Å²) in [7, 11) is 0. The maximum Gasteiger partial charge on any atom is 0.416 e. The highest BCUT2D eigenvalue weighted by Gasteiger charge is 2.30. The number of aromatic nitrogens is 2. The van der Waals surface area contributed by atoms with Crippen LogP contribution in [0.25, 0.3) is 10.9 Å². The number of halogens is 4. The van der Waals surface area contributed by atoms with Crippen LogP contribution in [0.3, 0.4) is 0 Å². The molecule has 0 amide bonds. The maximum atomic E-state index is 12.9. The summed E-state index contributed by atoms with van der Waals surface area (Å²) in [6, 6.07) is 8.37. The molecule has 1 N–H and O–H groups in total. The summed E-state index contributed by atoms with van der Waals surface area (Å²) in [5, 5.41) is 4.30. The monoisotopic (exact) mass is 351 g/mol. The summed E-state index contributed by atoms with van der Waals surface area (Å²) < 4.78 is 38.6. The van der Waals surface area contributed by atoms with Gasteiger partial charge in [0.15, 0.2) is 0 Å². The van der Waals surface area contributed by atoms with Crippen molar-refractivity contribution in [1.82, 2.24) is 9.97 Å². The predicted molar refractivity (Wildman–Crippen MR) is 88.0 cm³/mol. The number of anilines is 1. The summed E-state index contributed by atoms with van der Waals surface area (Å²) in [5.74, 6) is 0. The van der Waals surface area contributed by atoms with Crippen LogP contribution in [0, 0.1) is 0 Å². The van der Waals surface area contributed by atoms with Crippen LogP contribution < -0.4 is 5.32 Å². The van der Waals surface area contributed by atoms with Gasteiger partial charge in [-0.15, -0.1) is 0 Å². The lowest BCUT2D eigenvalue weighted by Crippen LogP contribution is -2.10. The van der Waals surface area contributed by atoms with Crippen LogP contribution in [0.15, 0.2) is 48.8 Å². The van der Waals surface area contributed by atoms with Gasteiger partial charge in [0.2, 0.25) is 0 Å². The van der Waals surface area contributed by atoms with Crippen molar-refractivity contribution in [3.05, 3.63) is 65.1 Å². The first-order valence-corrected chi connectivity index (χ1v) is 7.56. The van der Waals surface area contributed by atoms with Crippen molar-refractivity contribution < 1.29 is 13.2 Å². The van der Waals surface area contributed by atoms with E-state index in [1.54, 1.807) is 37.5 Å². The van der Waals surface area contributed by atoms with Crippen molar-refractivity contribution in [3.8, 4) is 0 Å². The highest BCUT2D eigenvalue weighted by Crippen LogP contribution is 2.32. The Morgan fingerprint density at radius 1 is 1.12 bits per heavy atom. The van der Waals surface area contributed by atoms with Crippen molar-refractivity contribution in [2.24, 2.45) is 0 Å². The molecule has 0 saturated carbocycles. The molecule has 24 heavy (non-hydrogen) atoms. The van der Waals surface area contributed by atoms with Gasteiger partial charge in [-0.3, -0.25) is 4.98 Å². The van der Waals surface area contributed by atoms with Gasteiger partial charge in [-0.1, -0.05) is 23.7 Å². The molecule has 7 heteroatoms. The molecule has 3 rings (SSSR count). The van der Waals surface area contributed by atoms with Gasteiger partial charge in [0.25, 0.3) is 0 Å². The number of pyridine rings is 2. The molecule has 124 valence electrons. The molecule has 0 aliphatic carbocycles. The van der Waals surface area contributed by atoms with Gasteiger partial charge in [0.1, 0.15) is 5.15 Å². The first-order chi connectivity index (χ1) is 11.3. The molecule has 0 spiro atoms. The van der Waals surface area contributed by atoms with E-state index in [0.29, 0.717) is 16.2 Å². The van der Waals surface area contributed by atoms with Crippen LogP contribution >= 0.6 is 11.6 Å². The Morgan fingerprint density at radius 3 is 2.67 bits per heavy atom. The normalized spacial score (nSPS) is 13.0. The quantitative estimate of drug-likeness (QED) is 0.635. The zero-order valence-electron chi connectivity index (χ0n) is 12.6. The SMILES string of the molecule is C[C@@H](Nc1ccnc2cnc(Cl)cc12)c1cccc(C(F)(F)F)c1. The predicted octanol–water partition coefficient (Wildman–Crippen LogP) is 5.48. The molecule has 1 aromatic carbocycles. The topological polar surface area (TPSA) is 37.8 Å². The zero-order chi connectivity index (χ0) is 17.3. The Bertz CT molecular complexity index is 880. The number of benzene rings is 1. The van der Waals surface area contributed by atoms with Gasteiger partial charge in [-0.25, -0.2) is 4.98 Å². The molecule has 0 saturated heterocycles. The Balaban J connectivity index is 1.93. The van der Waals surface area contributed by atoms with Crippen LogP contribution in [0.2, 0.25) is 5.15 Å². The molecule has 0 aliphatic rings. The van der Waals surface area contributed by atoms with E-state index in [1.807, 2.05) is 0 Å². The fourth-order valence-electron chi connectivity index (χ4n) is 2.45. The first-order valence-electron chi connectivity index (χ1n) is 7.18. The fraction of sp³-hybridized carbons (Fsp3) is 0.176. The third-order valence-corrected chi connectivity index (χ3v) is 3.89. The van der Waals surface area contributed by atoms with E-state index < -0.39 is 11.7 Å². The first kappa shape index (κ1) is 16.5. The smallest absolute Gasteiger partial charge is 0.378 e. The average molecular weight is 352 g/mol. The van der Waals surface area contributed by atoms with E-state index in [0.717, 1.165) is 23.2 Å². The van der Waals surface area contributed by atoms with Gasteiger partial charge < -0.3 is 5.32 Å². The summed E-state index contributed by atoms with van der Waals surface area (Å²) >= 11 is 5.92. The second-order valence-electron chi connectivity index (χ2n) is 5.37. The molecule has 3 nitrogen and oxygen atoms in total. The Morgan fingerprint density at radius 2 is 1.92 bits per heavy atom. The van der Waals surface area contributed by atoms with E-state index in [2.05, 4.69) is 15.3 Å². The molecular formula is C17H13ClF3N3. The van der Waals surface area contributed by atoms with Crippen LogP contribution in [0.4, 0.5) is 18.9 Å². The van der Waals surface area contributed by atoms with Crippen LogP contribution in [0.1, 0.15) is 24.1 Å². The minimum absolute atomic E-state index is 0.324. The Labute approximate surface area is 141 Å². The third-order valence-electron chi connectivity index (χ3n) is 3.68. The van der Waals surface area contributed by atoms with E-state index in [1.165, 1.54) is 6.07 Å². The average Bonchev–Trinajstić information content (AvgIpc) is 2.55. The Hall–Kier alpha value is -2.34. The molecule has 2 heterocycles. The van der Waals surface area contributed by atoms with Gasteiger partial charge in [-0.2, -0.15) is 13.2 Å². The van der Waals surface area contributed by atoms with Crippen molar-refractivity contribution in [1.29, 1.82) is 0 Å². The highest BCUT2D eigenvalue weighted by atomic mass is 35.5. The van der Waals surface area contributed by atoms with E-state index >= 15 is 0 Å². The van der Waals surface area contributed by atoms with Gasteiger partial charge >= 0.3 is 6.18 Å². The Kier molecular flexibility index (Phi) is 4.32. The molecule has 1 atom stereocenters. The van der Waals surface area contributed by atoms with Gasteiger partial charge in [-0.05, 0) is 36.8 Å². The minimum Gasteiger partial charge on any atom is -0.378 e. The van der Waals surface area contributed by atoms with Crippen LogP contribution in [-0.2, 0) is 6.18 Å². The fourth-order valence-corrected chi connectivity index (χ4v) is 2.61. The van der Waals surface area contributed by atoms with Crippen molar-refractivity contribution in [2.45, 2.75) is 19.1 Å². The number of hydrogen-bond donors (Lipinski definition) is 1. The number of nitrogens with one attached hydrogen (secondary N) is 1. The largest absolute Gasteiger partial charge is 0.416 e. The van der Waals surface area contributed by atoms with Crippen molar-refractivity contribution >= 4 is 28.2 Å². The standard InChI is InChI=1S/C17H13ClF3N3/c1-10(11-3-2-4-12(7-11)17(19,20)21)24-14-5-6-22-15-9-23-16(18)8-13(14)15/h2-10H,1H3,(H,22,24)/t10-/m1/s1. The highest BCUT2D eigenvalue weighted by molar-refractivity contribution is 6.30. The number of alkyl halides is 3. The number of nitrogens with zero attached hydrogens (tertiary/aromatic N) is 2. The molecule has 3 aromatic rings. The number of fused-ring (bicyclic) bond motifs is 1. The molecule has 0 fully saturated rings. The molecular weight excluding hydrogens is 339 g/mol. The van der Waals surface area contributed by atoms with E-state index in [-0.39, 0.29) is 6.04 Å². The molecule has 0 unspecified atom stereocenters. The second-order valence-corrected chi connectivity index (χ2v) is 5.76. The number of rotatable bonds is 3. The summed E-state index contributed by atoms with van der Waals surface area (Å²) in [4.78, 5) is 8.17. The van der Waals surface area contributed by atoms with Crippen LogP contribution in [0.5, 0.6) is 0 Å². The summed E-state index contributed by atoms with van der Waals surface area (Å²) in [6.07, 6.45) is -1.20. The molecule has 0 radical (unpaired) electrons. The lowest BCUT2D eigenvalue weighted by Gasteiger charge is -2.18. The third kappa shape index (κ3) is 3.43. The van der Waals surface area contributed by atoms with Gasteiger partial charge in [0.05, 0.1) is 17.3 Å². The van der Waals surface area contributed by atoms with E-state index in [9.17, 15) is 13.2 Å². The molecule has 0 aliphatic heterocycles. The number of hydrogen-bond acceptors (Lipinski definition) is 3. The summed E-state index contributed by atoms with van der Waals surface area (Å²) in [5.41, 5.74) is 1.25. The maximum absolute atomic E-state index is 12.9. The molecule has 2 aromatic heterocycles. The van der Waals surface area contributed by atoms with E-state index in [4.69, 9.17) is 11.6 Å². The van der Waals surface area contributed by atoms with Crippen LogP contribution in [-0.4, -0.2) is 9.97 Å². The minimum atomic E-state index is -4.36. The lowest BCUT2D eigenvalue weighted by molar-refractivity contribution is -0.137. The summed E-state index contributed by atoms with van der Waals surface area (Å²) in [6.45, 7) is 1.80. The zero-order valence-corrected chi connectivity index (χ0v) is 13.4. The molecule has 0 bridgehead atoms.